The van der Waals surface area contributed by atoms with Gasteiger partial charge in [0.15, 0.2) is 0 Å². The molecule has 1 saturated heterocycles. The number of rotatable bonds is 1. The fraction of sp³-hybridized carbons (Fsp3) is 0.417. The van der Waals surface area contributed by atoms with E-state index in [2.05, 4.69) is 0 Å². The van der Waals surface area contributed by atoms with Crippen LogP contribution in [0, 0.1) is 9.49 Å². The molecule has 98 valence electrons. The van der Waals surface area contributed by atoms with Gasteiger partial charge in [-0.15, -0.1) is 0 Å². The summed E-state index contributed by atoms with van der Waals surface area (Å²) in [5.74, 6) is 0.112. The highest BCUT2D eigenvalue weighted by molar-refractivity contribution is 14.1. The molecule has 1 aromatic carbocycles. The van der Waals surface area contributed by atoms with Gasteiger partial charge in [-0.25, -0.2) is 0 Å². The van der Waals surface area contributed by atoms with Crippen molar-refractivity contribution >= 4 is 28.5 Å². The van der Waals surface area contributed by atoms with Crippen LogP contribution in [0.3, 0.4) is 0 Å². The summed E-state index contributed by atoms with van der Waals surface area (Å²) in [7, 11) is 0. The van der Waals surface area contributed by atoms with Gasteiger partial charge in [-0.2, -0.15) is 13.2 Å². The average Bonchev–Trinajstić information content (AvgIpc) is 2.23. The highest BCUT2D eigenvalue weighted by Crippen LogP contribution is 2.31. The van der Waals surface area contributed by atoms with E-state index in [0.717, 1.165) is 12.1 Å². The van der Waals surface area contributed by atoms with Gasteiger partial charge in [0.1, 0.15) is 0 Å². The minimum atomic E-state index is -4.42. The Morgan fingerprint density at radius 1 is 1.39 bits per heavy atom. The molecule has 0 spiro atoms. The third-order valence-electron chi connectivity index (χ3n) is 2.88. The normalized spacial score (nSPS) is 16.6. The van der Waals surface area contributed by atoms with E-state index in [1.807, 2.05) is 29.5 Å². The summed E-state index contributed by atoms with van der Waals surface area (Å²) >= 11 is 1.88. The maximum atomic E-state index is 12.6. The number of nitrogens with zero attached hydrogens (tertiary/aromatic N) is 1. The van der Waals surface area contributed by atoms with E-state index < -0.39 is 11.7 Å². The third kappa shape index (κ3) is 2.62. The molecule has 1 aromatic rings. The zero-order valence-electron chi connectivity index (χ0n) is 9.59. The number of halogens is 4. The Balaban J connectivity index is 2.29. The molecule has 0 bridgehead atoms. The van der Waals surface area contributed by atoms with E-state index >= 15 is 0 Å². The molecule has 0 N–H and O–H groups in total. The van der Waals surface area contributed by atoms with E-state index in [1.165, 1.54) is 6.07 Å². The minimum absolute atomic E-state index is 0.136. The van der Waals surface area contributed by atoms with Gasteiger partial charge in [0.05, 0.1) is 11.1 Å². The van der Waals surface area contributed by atoms with Crippen LogP contribution in [0.5, 0.6) is 0 Å². The smallest absolute Gasteiger partial charge is 0.338 e. The van der Waals surface area contributed by atoms with Crippen molar-refractivity contribution in [1.29, 1.82) is 0 Å². The second-order valence-electron chi connectivity index (χ2n) is 4.51. The number of benzene rings is 1. The molecule has 1 heterocycles. The van der Waals surface area contributed by atoms with Gasteiger partial charge in [0.2, 0.25) is 0 Å². The first kappa shape index (κ1) is 13.6. The summed E-state index contributed by atoms with van der Waals surface area (Å²) in [4.78, 5) is 13.6. The first-order chi connectivity index (χ1) is 8.29. The van der Waals surface area contributed by atoms with Gasteiger partial charge in [-0.05, 0) is 46.7 Å². The molecule has 0 aliphatic carbocycles. The topological polar surface area (TPSA) is 20.3 Å². The first-order valence-electron chi connectivity index (χ1n) is 5.45. The molecule has 0 radical (unpaired) electrons. The van der Waals surface area contributed by atoms with Gasteiger partial charge in [-0.3, -0.25) is 4.79 Å². The van der Waals surface area contributed by atoms with Crippen LogP contribution >= 0.6 is 22.6 Å². The molecule has 1 aliphatic rings. The number of amides is 1. The molecule has 1 fully saturated rings. The molecule has 6 heteroatoms. The van der Waals surface area contributed by atoms with Crippen molar-refractivity contribution in [1.82, 2.24) is 4.90 Å². The Kier molecular flexibility index (Phi) is 3.57. The quantitative estimate of drug-likeness (QED) is 0.695. The van der Waals surface area contributed by atoms with E-state index in [9.17, 15) is 18.0 Å². The highest BCUT2D eigenvalue weighted by Gasteiger charge is 2.33. The van der Waals surface area contributed by atoms with E-state index in [-0.39, 0.29) is 11.5 Å². The van der Waals surface area contributed by atoms with Crippen molar-refractivity contribution in [2.45, 2.75) is 13.1 Å². The number of hydrogen-bond acceptors (Lipinski definition) is 1. The molecule has 2 rings (SSSR count). The summed E-state index contributed by atoms with van der Waals surface area (Å²) in [5.41, 5.74) is -0.642. The number of likely N-dealkylation sites (tertiary alicyclic amines) is 1. The lowest BCUT2D eigenvalue weighted by Gasteiger charge is -2.37. The fourth-order valence-corrected chi connectivity index (χ4v) is 2.47. The Hall–Kier alpha value is -0.790. The molecule has 18 heavy (non-hydrogen) atoms. The van der Waals surface area contributed by atoms with Crippen molar-refractivity contribution in [3.05, 3.63) is 32.9 Å². The maximum absolute atomic E-state index is 12.6. The molecule has 0 atom stereocenters. The van der Waals surface area contributed by atoms with Crippen molar-refractivity contribution in [2.75, 3.05) is 13.1 Å². The molecular formula is C12H11F3INO. The molecule has 0 aromatic heterocycles. The van der Waals surface area contributed by atoms with Crippen LogP contribution in [0.4, 0.5) is 13.2 Å². The number of hydrogen-bond donors (Lipinski definition) is 0. The van der Waals surface area contributed by atoms with Gasteiger partial charge >= 0.3 is 6.18 Å². The zero-order chi connectivity index (χ0) is 13.5. The lowest BCUT2D eigenvalue weighted by atomic mass is 10.0. The highest BCUT2D eigenvalue weighted by atomic mass is 127. The first-order valence-corrected chi connectivity index (χ1v) is 6.53. The third-order valence-corrected chi connectivity index (χ3v) is 3.82. The zero-order valence-corrected chi connectivity index (χ0v) is 11.7. The predicted octanol–water partition coefficient (Wildman–Crippen LogP) is 3.40. The van der Waals surface area contributed by atoms with E-state index in [4.69, 9.17) is 0 Å². The van der Waals surface area contributed by atoms with Crippen LogP contribution in [0.1, 0.15) is 22.8 Å². The molecule has 2 nitrogen and oxygen atoms in total. The summed E-state index contributed by atoms with van der Waals surface area (Å²) in [6.45, 7) is 3.23. The van der Waals surface area contributed by atoms with Gasteiger partial charge in [0, 0.05) is 16.7 Å². The van der Waals surface area contributed by atoms with E-state index in [1.54, 1.807) is 4.90 Å². The second kappa shape index (κ2) is 4.71. The standard InChI is InChI=1S/C12H11F3INO/c1-7-5-17(6-7)11(18)9-4-8(12(13,14)15)2-3-10(9)16/h2-4,7H,5-6H2,1H3. The number of alkyl halides is 3. The lowest BCUT2D eigenvalue weighted by molar-refractivity contribution is -0.137. The molecule has 1 amide bonds. The molecule has 0 unspecified atom stereocenters. The van der Waals surface area contributed by atoms with Gasteiger partial charge < -0.3 is 4.90 Å². The van der Waals surface area contributed by atoms with Crippen molar-refractivity contribution in [3.63, 3.8) is 0 Å². The van der Waals surface area contributed by atoms with Crippen molar-refractivity contribution in [3.8, 4) is 0 Å². The largest absolute Gasteiger partial charge is 0.416 e. The number of carbonyl (C=O) groups excluding carboxylic acids is 1. The van der Waals surface area contributed by atoms with E-state index in [0.29, 0.717) is 22.6 Å². The second-order valence-corrected chi connectivity index (χ2v) is 5.67. The van der Waals surface area contributed by atoms with Crippen LogP contribution < -0.4 is 0 Å². The summed E-state index contributed by atoms with van der Waals surface area (Å²) in [6, 6.07) is 3.27. The SMILES string of the molecule is CC1CN(C(=O)c2cc(C(F)(F)F)ccc2I)C1. The minimum Gasteiger partial charge on any atom is -0.338 e. The average molecular weight is 369 g/mol. The van der Waals surface area contributed by atoms with Crippen LogP contribution in [-0.4, -0.2) is 23.9 Å². The Morgan fingerprint density at radius 3 is 2.50 bits per heavy atom. The lowest BCUT2D eigenvalue weighted by Crippen LogP contribution is -2.48. The Labute approximate surface area is 116 Å². The van der Waals surface area contributed by atoms with Crippen LogP contribution in [0.15, 0.2) is 18.2 Å². The predicted molar refractivity (Wildman–Crippen MR) is 69.2 cm³/mol. The summed E-state index contributed by atoms with van der Waals surface area (Å²) in [5, 5.41) is 0. The summed E-state index contributed by atoms with van der Waals surface area (Å²) < 4.78 is 38.3. The summed E-state index contributed by atoms with van der Waals surface area (Å²) in [6.07, 6.45) is -4.42. The molecule has 1 aliphatic heterocycles. The number of carbonyl (C=O) groups is 1. The van der Waals surface area contributed by atoms with Gasteiger partial charge in [0.25, 0.3) is 5.91 Å². The Bertz CT molecular complexity index is 481. The van der Waals surface area contributed by atoms with Gasteiger partial charge in [-0.1, -0.05) is 6.92 Å². The van der Waals surface area contributed by atoms with Crippen molar-refractivity contribution in [2.24, 2.45) is 5.92 Å². The monoisotopic (exact) mass is 369 g/mol. The Morgan fingerprint density at radius 2 is 2.00 bits per heavy atom. The van der Waals surface area contributed by atoms with Crippen molar-refractivity contribution < 1.29 is 18.0 Å². The maximum Gasteiger partial charge on any atom is 0.416 e. The fourth-order valence-electron chi connectivity index (χ4n) is 1.90. The van der Waals surface area contributed by atoms with Crippen LogP contribution in [0.2, 0.25) is 0 Å². The van der Waals surface area contributed by atoms with Crippen LogP contribution in [-0.2, 0) is 6.18 Å². The van der Waals surface area contributed by atoms with Crippen LogP contribution in [0.25, 0.3) is 0 Å². The molecular weight excluding hydrogens is 358 g/mol. The molecule has 0 saturated carbocycles.